The van der Waals surface area contributed by atoms with E-state index in [-0.39, 0.29) is 19.8 Å². The Morgan fingerprint density at radius 1 is 0.700 bits per heavy atom. The summed E-state index contributed by atoms with van der Waals surface area (Å²) >= 11 is 0. The fourth-order valence-corrected chi connectivity index (χ4v) is 3.91. The van der Waals surface area contributed by atoms with E-state index in [1.165, 1.54) is 64.2 Å². The van der Waals surface area contributed by atoms with Gasteiger partial charge in [-0.1, -0.05) is 83.6 Å². The number of ether oxygens (including phenoxy) is 1. The summed E-state index contributed by atoms with van der Waals surface area (Å²) < 4.78 is 28.7. The van der Waals surface area contributed by atoms with Crippen LogP contribution in [-0.2, 0) is 24.9 Å². The minimum atomic E-state index is -4.26. The zero-order valence-corrected chi connectivity index (χ0v) is 19.7. The first-order valence-electron chi connectivity index (χ1n) is 11.8. The number of rotatable bonds is 21. The number of hydrogen-bond acceptors (Lipinski definition) is 5. The molecular formula is C23H42NO5P. The Kier molecular flexibility index (Phi) is 17.2. The van der Waals surface area contributed by atoms with Crippen molar-refractivity contribution in [3.8, 4) is 0 Å². The summed E-state index contributed by atoms with van der Waals surface area (Å²) in [7, 11) is -4.26. The standard InChI is InChI=1S/C23H42NO5P/c1-2-3-4-5-6-7-8-9-10-11-12-16-20-27-22-23-29-30(25,26)28-21-19-24-17-14-13-15-18-24/h13-15,17-18H,2-12,16,19-23H2,1H3. The molecule has 0 aromatic carbocycles. The molecule has 0 radical (unpaired) electrons. The molecule has 0 saturated heterocycles. The molecule has 0 amide bonds. The van der Waals surface area contributed by atoms with Crippen LogP contribution in [0.3, 0.4) is 0 Å². The van der Waals surface area contributed by atoms with E-state index in [0.29, 0.717) is 13.2 Å². The van der Waals surface area contributed by atoms with Gasteiger partial charge in [-0.15, -0.1) is 0 Å². The Hall–Kier alpha value is -0.780. The highest BCUT2D eigenvalue weighted by molar-refractivity contribution is 7.45. The second kappa shape index (κ2) is 18.9. The van der Waals surface area contributed by atoms with Crippen molar-refractivity contribution in [3.63, 3.8) is 0 Å². The second-order valence-electron chi connectivity index (χ2n) is 7.73. The first kappa shape index (κ1) is 27.3. The minimum Gasteiger partial charge on any atom is -0.756 e. The monoisotopic (exact) mass is 443 g/mol. The maximum Gasteiger partial charge on any atom is 0.268 e. The summed E-state index contributed by atoms with van der Waals surface area (Å²) in [6, 6.07) is 5.65. The van der Waals surface area contributed by atoms with Gasteiger partial charge in [0.1, 0.15) is 6.61 Å². The van der Waals surface area contributed by atoms with Crippen molar-refractivity contribution in [2.75, 3.05) is 26.4 Å². The second-order valence-corrected chi connectivity index (χ2v) is 9.14. The van der Waals surface area contributed by atoms with E-state index in [0.717, 1.165) is 12.8 Å². The van der Waals surface area contributed by atoms with Crippen molar-refractivity contribution in [2.24, 2.45) is 0 Å². The minimum absolute atomic E-state index is 0.00247. The molecule has 1 aromatic rings. The molecule has 6 nitrogen and oxygen atoms in total. The van der Waals surface area contributed by atoms with Crippen molar-refractivity contribution in [3.05, 3.63) is 30.6 Å². The van der Waals surface area contributed by atoms with Gasteiger partial charge in [-0.2, -0.15) is 0 Å². The Labute approximate surface area is 183 Å². The Balaban J connectivity index is 1.82. The topological polar surface area (TPSA) is 71.7 Å². The maximum absolute atomic E-state index is 11.7. The van der Waals surface area contributed by atoms with Crippen LogP contribution in [0.1, 0.15) is 84.0 Å². The Morgan fingerprint density at radius 2 is 1.23 bits per heavy atom. The maximum atomic E-state index is 11.7. The van der Waals surface area contributed by atoms with Gasteiger partial charge in [0.05, 0.1) is 13.2 Å². The Morgan fingerprint density at radius 3 is 1.83 bits per heavy atom. The van der Waals surface area contributed by atoms with Crippen LogP contribution in [-0.4, -0.2) is 26.4 Å². The van der Waals surface area contributed by atoms with Gasteiger partial charge >= 0.3 is 0 Å². The lowest BCUT2D eigenvalue weighted by atomic mass is 10.1. The zero-order valence-electron chi connectivity index (χ0n) is 18.8. The molecule has 0 saturated carbocycles. The number of unbranched alkanes of at least 4 members (excludes halogenated alkanes) is 11. The predicted molar refractivity (Wildman–Crippen MR) is 118 cm³/mol. The summed E-state index contributed by atoms with van der Waals surface area (Å²) in [5, 5.41) is 0. The van der Waals surface area contributed by atoms with Gasteiger partial charge in [-0.05, 0) is 6.42 Å². The molecule has 0 fully saturated rings. The predicted octanol–water partition coefficient (Wildman–Crippen LogP) is 5.19. The molecule has 7 heteroatoms. The van der Waals surface area contributed by atoms with Crippen LogP contribution in [0, 0.1) is 0 Å². The van der Waals surface area contributed by atoms with Crippen LogP contribution in [0.2, 0.25) is 0 Å². The number of hydrogen-bond donors (Lipinski definition) is 0. The average molecular weight is 444 g/mol. The number of phosphoric acid groups is 1. The molecule has 174 valence electrons. The molecule has 1 rings (SSSR count). The van der Waals surface area contributed by atoms with E-state index < -0.39 is 7.82 Å². The Bertz CT molecular complexity index is 544. The number of pyridine rings is 1. The van der Waals surface area contributed by atoms with E-state index in [2.05, 4.69) is 6.92 Å². The third-order valence-electron chi connectivity index (χ3n) is 5.00. The van der Waals surface area contributed by atoms with Gasteiger partial charge in [0.15, 0.2) is 18.9 Å². The molecule has 1 unspecified atom stereocenters. The van der Waals surface area contributed by atoms with Crippen LogP contribution in [0.4, 0.5) is 0 Å². The fraction of sp³-hybridized carbons (Fsp3) is 0.783. The highest BCUT2D eigenvalue weighted by Gasteiger charge is 2.10. The van der Waals surface area contributed by atoms with Gasteiger partial charge in [0.2, 0.25) is 0 Å². The third kappa shape index (κ3) is 17.0. The lowest BCUT2D eigenvalue weighted by Gasteiger charge is -2.21. The van der Waals surface area contributed by atoms with Crippen LogP contribution < -0.4 is 9.46 Å². The van der Waals surface area contributed by atoms with Gasteiger partial charge in [-0.3, -0.25) is 4.57 Å². The molecule has 0 spiro atoms. The van der Waals surface area contributed by atoms with Gasteiger partial charge in [0, 0.05) is 18.7 Å². The molecule has 0 aliphatic carbocycles. The van der Waals surface area contributed by atoms with Crippen molar-refractivity contribution >= 4 is 7.82 Å². The summed E-state index contributed by atoms with van der Waals surface area (Å²) in [6.45, 7) is 3.67. The summed E-state index contributed by atoms with van der Waals surface area (Å²) in [5.41, 5.74) is 0. The number of phosphoric ester groups is 1. The molecule has 0 aliphatic rings. The summed E-state index contributed by atoms with van der Waals surface area (Å²) in [4.78, 5) is 11.7. The fourth-order valence-electron chi connectivity index (χ4n) is 3.23. The van der Waals surface area contributed by atoms with Crippen LogP contribution >= 0.6 is 7.82 Å². The largest absolute Gasteiger partial charge is 0.756 e. The first-order valence-corrected chi connectivity index (χ1v) is 13.2. The smallest absolute Gasteiger partial charge is 0.268 e. The van der Waals surface area contributed by atoms with Crippen molar-refractivity contribution < 1.29 is 27.8 Å². The van der Waals surface area contributed by atoms with E-state index in [9.17, 15) is 9.46 Å². The highest BCUT2D eigenvalue weighted by atomic mass is 31.2. The van der Waals surface area contributed by atoms with Gasteiger partial charge in [-0.25, -0.2) is 4.57 Å². The molecule has 1 heterocycles. The third-order valence-corrected chi connectivity index (χ3v) is 5.99. The van der Waals surface area contributed by atoms with Crippen LogP contribution in [0.25, 0.3) is 0 Å². The quantitative estimate of drug-likeness (QED) is 0.148. The lowest BCUT2D eigenvalue weighted by molar-refractivity contribution is -0.697. The van der Waals surface area contributed by atoms with E-state index in [1.54, 1.807) is 0 Å². The molecule has 1 aromatic heterocycles. The van der Waals surface area contributed by atoms with Crippen LogP contribution in [0.5, 0.6) is 0 Å². The molecular weight excluding hydrogens is 401 g/mol. The van der Waals surface area contributed by atoms with Crippen molar-refractivity contribution in [1.29, 1.82) is 0 Å². The first-order chi connectivity index (χ1) is 14.6. The van der Waals surface area contributed by atoms with Crippen LogP contribution in [0.15, 0.2) is 30.6 Å². The van der Waals surface area contributed by atoms with Gasteiger partial charge in [0.25, 0.3) is 7.82 Å². The number of nitrogens with zero attached hydrogens (tertiary/aromatic N) is 1. The number of aromatic nitrogens is 1. The van der Waals surface area contributed by atoms with Crippen molar-refractivity contribution in [1.82, 2.24) is 0 Å². The van der Waals surface area contributed by atoms with E-state index in [4.69, 9.17) is 13.8 Å². The lowest BCUT2D eigenvalue weighted by Crippen LogP contribution is -2.34. The van der Waals surface area contributed by atoms with E-state index >= 15 is 0 Å². The average Bonchev–Trinajstić information content (AvgIpc) is 2.74. The van der Waals surface area contributed by atoms with E-state index in [1.807, 2.05) is 35.2 Å². The van der Waals surface area contributed by atoms with Crippen molar-refractivity contribution in [2.45, 2.75) is 90.5 Å². The molecule has 1 atom stereocenters. The SMILES string of the molecule is CCCCCCCCCCCCCCOCCOP(=O)([O-])OCC[n+]1ccccc1. The molecule has 0 bridgehead atoms. The normalized spacial score (nSPS) is 13.4. The van der Waals surface area contributed by atoms with Gasteiger partial charge < -0.3 is 18.7 Å². The highest BCUT2D eigenvalue weighted by Crippen LogP contribution is 2.37. The zero-order chi connectivity index (χ0) is 21.8. The summed E-state index contributed by atoms with van der Waals surface area (Å²) in [6.07, 6.45) is 19.4. The molecule has 0 N–H and O–H groups in total. The summed E-state index contributed by atoms with van der Waals surface area (Å²) in [5.74, 6) is 0. The molecule has 0 aliphatic heterocycles. The molecule has 30 heavy (non-hydrogen) atoms.